The van der Waals surface area contributed by atoms with Crippen LogP contribution in [0.3, 0.4) is 0 Å². The second-order valence-corrected chi connectivity index (χ2v) is 7.28. The lowest BCUT2D eigenvalue weighted by Gasteiger charge is -2.36. The second-order valence-electron chi connectivity index (χ2n) is 6.10. The summed E-state index contributed by atoms with van der Waals surface area (Å²) in [5, 5.41) is -0.0443. The molecule has 1 saturated heterocycles. The van der Waals surface area contributed by atoms with Gasteiger partial charge in [-0.1, -0.05) is 0 Å². The smallest absolute Gasteiger partial charge is 0.236 e. The molecule has 1 aliphatic heterocycles. The maximum absolute atomic E-state index is 13.1. The average Bonchev–Trinajstić information content (AvgIpc) is 3.11. The van der Waals surface area contributed by atoms with Crippen molar-refractivity contribution in [3.05, 3.63) is 42.1 Å². The van der Waals surface area contributed by atoms with Crippen LogP contribution in [0.2, 0.25) is 0 Å². The molecule has 3 rings (SSSR count). The zero-order valence-electron chi connectivity index (χ0n) is 14.0. The molecule has 2 atom stereocenters. The van der Waals surface area contributed by atoms with Gasteiger partial charge in [0.15, 0.2) is 0 Å². The number of hydrogen-bond donors (Lipinski definition) is 1. The molecule has 2 heterocycles. The van der Waals surface area contributed by atoms with E-state index in [1.807, 2.05) is 24.3 Å². The first-order valence-corrected chi connectivity index (χ1v) is 9.53. The SMILES string of the molecule is CSC(C)C(=O)N1CCCCC1c1nc(-c2ccc(F)cc2)c[nH]1. The average molecular weight is 347 g/mol. The molecule has 2 unspecified atom stereocenters. The highest BCUT2D eigenvalue weighted by molar-refractivity contribution is 7.99. The molecule has 1 fully saturated rings. The lowest BCUT2D eigenvalue weighted by atomic mass is 10.0. The molecule has 1 aromatic carbocycles. The number of H-pyrrole nitrogens is 1. The van der Waals surface area contributed by atoms with Crippen LogP contribution in [0.5, 0.6) is 0 Å². The third-order valence-corrected chi connectivity index (χ3v) is 5.45. The summed E-state index contributed by atoms with van der Waals surface area (Å²) in [5.74, 6) is 0.729. The van der Waals surface area contributed by atoms with Gasteiger partial charge in [-0.2, -0.15) is 11.8 Å². The Morgan fingerprint density at radius 3 is 2.83 bits per heavy atom. The first-order valence-electron chi connectivity index (χ1n) is 8.24. The molecule has 0 radical (unpaired) electrons. The van der Waals surface area contributed by atoms with Crippen molar-refractivity contribution in [2.24, 2.45) is 0 Å². The van der Waals surface area contributed by atoms with Crippen LogP contribution in [0.4, 0.5) is 4.39 Å². The predicted octanol–water partition coefficient (Wildman–Crippen LogP) is 4.02. The molecule has 0 bridgehead atoms. The fraction of sp³-hybridized carbons (Fsp3) is 0.444. The molecule has 0 spiro atoms. The molecular weight excluding hydrogens is 325 g/mol. The van der Waals surface area contributed by atoms with Gasteiger partial charge in [0, 0.05) is 18.3 Å². The van der Waals surface area contributed by atoms with E-state index < -0.39 is 0 Å². The number of benzene rings is 1. The molecule has 1 aliphatic rings. The van der Waals surface area contributed by atoms with Crippen LogP contribution in [0.25, 0.3) is 11.3 Å². The number of amides is 1. The van der Waals surface area contributed by atoms with E-state index in [9.17, 15) is 9.18 Å². The number of nitrogens with zero attached hydrogens (tertiary/aromatic N) is 2. The summed E-state index contributed by atoms with van der Waals surface area (Å²) >= 11 is 1.57. The van der Waals surface area contributed by atoms with Gasteiger partial charge < -0.3 is 9.88 Å². The van der Waals surface area contributed by atoms with E-state index in [0.29, 0.717) is 0 Å². The Hall–Kier alpha value is -1.82. The van der Waals surface area contributed by atoms with Crippen LogP contribution in [0.1, 0.15) is 38.1 Å². The topological polar surface area (TPSA) is 49.0 Å². The Labute approximate surface area is 145 Å². The van der Waals surface area contributed by atoms with Crippen LogP contribution < -0.4 is 0 Å². The maximum Gasteiger partial charge on any atom is 0.236 e. The highest BCUT2D eigenvalue weighted by Crippen LogP contribution is 2.32. The quantitative estimate of drug-likeness (QED) is 0.909. The second kappa shape index (κ2) is 7.38. The van der Waals surface area contributed by atoms with E-state index in [4.69, 9.17) is 0 Å². The molecule has 1 N–H and O–H groups in total. The van der Waals surface area contributed by atoms with Crippen molar-refractivity contribution in [3.8, 4) is 11.3 Å². The number of thioether (sulfide) groups is 1. The maximum atomic E-state index is 13.1. The molecular formula is C18H22FN3OS. The van der Waals surface area contributed by atoms with Crippen molar-refractivity contribution < 1.29 is 9.18 Å². The van der Waals surface area contributed by atoms with Crippen molar-refractivity contribution in [2.75, 3.05) is 12.8 Å². The number of carbonyl (C=O) groups excluding carboxylic acids is 1. The Balaban J connectivity index is 1.84. The van der Waals surface area contributed by atoms with E-state index in [1.54, 1.807) is 23.9 Å². The number of aromatic amines is 1. The van der Waals surface area contributed by atoms with E-state index in [2.05, 4.69) is 9.97 Å². The largest absolute Gasteiger partial charge is 0.346 e. The lowest BCUT2D eigenvalue weighted by molar-refractivity contribution is -0.134. The van der Waals surface area contributed by atoms with Crippen molar-refractivity contribution in [1.29, 1.82) is 0 Å². The molecule has 6 heteroatoms. The summed E-state index contributed by atoms with van der Waals surface area (Å²) in [6.45, 7) is 2.73. The van der Waals surface area contributed by atoms with Crippen LogP contribution in [-0.2, 0) is 4.79 Å². The number of piperidine rings is 1. The summed E-state index contributed by atoms with van der Waals surface area (Å²) in [5.41, 5.74) is 1.64. The van der Waals surface area contributed by atoms with Gasteiger partial charge >= 0.3 is 0 Å². The summed E-state index contributed by atoms with van der Waals surface area (Å²) in [6.07, 6.45) is 6.84. The third kappa shape index (κ3) is 3.48. The van der Waals surface area contributed by atoms with E-state index >= 15 is 0 Å². The Kier molecular flexibility index (Phi) is 5.23. The summed E-state index contributed by atoms with van der Waals surface area (Å²) < 4.78 is 13.1. The van der Waals surface area contributed by atoms with Gasteiger partial charge in [-0.25, -0.2) is 9.37 Å². The Morgan fingerprint density at radius 1 is 1.38 bits per heavy atom. The molecule has 0 aliphatic carbocycles. The number of likely N-dealkylation sites (tertiary alicyclic amines) is 1. The summed E-state index contributed by atoms with van der Waals surface area (Å²) in [6, 6.07) is 6.29. The minimum absolute atomic E-state index is 0.00458. The van der Waals surface area contributed by atoms with E-state index in [0.717, 1.165) is 42.9 Å². The van der Waals surface area contributed by atoms with Crippen molar-refractivity contribution in [2.45, 2.75) is 37.5 Å². The van der Waals surface area contributed by atoms with Crippen molar-refractivity contribution in [1.82, 2.24) is 14.9 Å². The van der Waals surface area contributed by atoms with Gasteiger partial charge in [-0.05, 0) is 56.7 Å². The fourth-order valence-electron chi connectivity index (χ4n) is 3.09. The number of rotatable bonds is 4. The minimum Gasteiger partial charge on any atom is -0.346 e. The predicted molar refractivity (Wildman–Crippen MR) is 95.3 cm³/mol. The molecule has 1 aromatic heterocycles. The molecule has 128 valence electrons. The first kappa shape index (κ1) is 17.0. The first-order chi connectivity index (χ1) is 11.6. The van der Waals surface area contributed by atoms with Crippen LogP contribution in [0, 0.1) is 5.82 Å². The fourth-order valence-corrected chi connectivity index (χ4v) is 3.43. The van der Waals surface area contributed by atoms with E-state index in [1.165, 1.54) is 12.1 Å². The number of nitrogens with one attached hydrogen (secondary N) is 1. The van der Waals surface area contributed by atoms with Crippen LogP contribution >= 0.6 is 11.8 Å². The molecule has 24 heavy (non-hydrogen) atoms. The number of aromatic nitrogens is 2. The summed E-state index contributed by atoms with van der Waals surface area (Å²) in [4.78, 5) is 22.5. The standard InChI is InChI=1S/C18H22FN3OS/c1-12(24-2)18(23)22-10-4-3-5-16(22)17-20-11-15(21-17)13-6-8-14(19)9-7-13/h6-9,11-12,16H,3-5,10H2,1-2H3,(H,20,21). The van der Waals surface area contributed by atoms with Gasteiger partial charge in [0.2, 0.25) is 5.91 Å². The van der Waals surface area contributed by atoms with Gasteiger partial charge in [0.05, 0.1) is 17.0 Å². The monoisotopic (exact) mass is 347 g/mol. The zero-order chi connectivity index (χ0) is 17.1. The van der Waals surface area contributed by atoms with E-state index in [-0.39, 0.29) is 23.0 Å². The van der Waals surface area contributed by atoms with Gasteiger partial charge in [0.1, 0.15) is 11.6 Å². The number of carbonyl (C=O) groups is 1. The minimum atomic E-state index is -0.260. The van der Waals surface area contributed by atoms with Crippen molar-refractivity contribution >= 4 is 17.7 Å². The summed E-state index contributed by atoms with van der Waals surface area (Å²) in [7, 11) is 0. The van der Waals surface area contributed by atoms with Gasteiger partial charge in [-0.3, -0.25) is 4.79 Å². The molecule has 0 saturated carbocycles. The van der Waals surface area contributed by atoms with Crippen molar-refractivity contribution in [3.63, 3.8) is 0 Å². The highest BCUT2D eigenvalue weighted by Gasteiger charge is 2.32. The molecule has 4 nitrogen and oxygen atoms in total. The zero-order valence-corrected chi connectivity index (χ0v) is 14.8. The van der Waals surface area contributed by atoms with Crippen LogP contribution in [-0.4, -0.2) is 38.8 Å². The molecule has 1 amide bonds. The number of hydrogen-bond acceptors (Lipinski definition) is 3. The number of imidazole rings is 1. The normalized spacial score (nSPS) is 19.3. The third-order valence-electron chi connectivity index (χ3n) is 4.54. The number of halogens is 1. The van der Waals surface area contributed by atoms with Gasteiger partial charge in [0.25, 0.3) is 0 Å². The lowest BCUT2D eigenvalue weighted by Crippen LogP contribution is -2.42. The Morgan fingerprint density at radius 2 is 2.12 bits per heavy atom. The Bertz CT molecular complexity index is 701. The van der Waals surface area contributed by atoms with Crippen LogP contribution in [0.15, 0.2) is 30.5 Å². The molecule has 2 aromatic rings. The van der Waals surface area contributed by atoms with Gasteiger partial charge in [-0.15, -0.1) is 0 Å². The highest BCUT2D eigenvalue weighted by atomic mass is 32.2.